The van der Waals surface area contributed by atoms with Gasteiger partial charge in [-0.15, -0.1) is 0 Å². The zero-order valence-corrected chi connectivity index (χ0v) is 19.3. The Labute approximate surface area is 203 Å². The van der Waals surface area contributed by atoms with Gasteiger partial charge >= 0.3 is 0 Å². The van der Waals surface area contributed by atoms with E-state index >= 15 is 0 Å². The summed E-state index contributed by atoms with van der Waals surface area (Å²) >= 11 is 1.40. The second-order valence-corrected chi connectivity index (χ2v) is 8.71. The van der Waals surface area contributed by atoms with E-state index in [2.05, 4.69) is 22.4 Å². The van der Waals surface area contributed by atoms with E-state index in [9.17, 15) is 4.79 Å². The number of amides is 1. The Morgan fingerprint density at radius 2 is 1.26 bits per heavy atom. The highest BCUT2D eigenvalue weighted by atomic mass is 32.2. The molecule has 1 amide bonds. The maximum absolute atomic E-state index is 12.8. The molecule has 0 fully saturated rings. The zero-order valence-electron chi connectivity index (χ0n) is 18.4. The molecular formula is C29H23N3OS. The number of rotatable bonds is 7. The summed E-state index contributed by atoms with van der Waals surface area (Å²) < 4.78 is 0. The third-order valence-electron chi connectivity index (χ3n) is 5.42. The summed E-state index contributed by atoms with van der Waals surface area (Å²) in [5, 5.41) is 3.77. The molecule has 166 valence electrons. The van der Waals surface area contributed by atoms with Crippen LogP contribution in [0.25, 0.3) is 33.6 Å². The molecule has 0 unspecified atom stereocenters. The largest absolute Gasteiger partial charge is 0.332 e. The molecule has 1 aromatic heterocycles. The molecule has 0 aliphatic rings. The molecule has 0 saturated heterocycles. The van der Waals surface area contributed by atoms with Gasteiger partial charge in [-0.1, -0.05) is 121 Å². The fourth-order valence-corrected chi connectivity index (χ4v) is 4.49. The van der Waals surface area contributed by atoms with Gasteiger partial charge in [0.15, 0.2) is 5.16 Å². The van der Waals surface area contributed by atoms with Gasteiger partial charge in [0.25, 0.3) is 0 Å². The summed E-state index contributed by atoms with van der Waals surface area (Å²) in [6.45, 7) is 0. The van der Waals surface area contributed by atoms with E-state index in [0.717, 1.165) is 39.3 Å². The van der Waals surface area contributed by atoms with Crippen molar-refractivity contribution in [3.05, 3.63) is 115 Å². The van der Waals surface area contributed by atoms with Crippen LogP contribution >= 0.6 is 11.8 Å². The number of nitrogens with zero attached hydrogens (tertiary/aromatic N) is 1. The van der Waals surface area contributed by atoms with Crippen molar-refractivity contribution in [1.82, 2.24) is 9.97 Å². The number of carbonyl (C=O) groups excluding carboxylic acids is 1. The van der Waals surface area contributed by atoms with Crippen molar-refractivity contribution in [2.24, 2.45) is 0 Å². The molecule has 5 heteroatoms. The van der Waals surface area contributed by atoms with Crippen LogP contribution in [0.15, 0.2) is 120 Å². The van der Waals surface area contributed by atoms with Crippen molar-refractivity contribution >= 4 is 23.4 Å². The Morgan fingerprint density at radius 1 is 0.706 bits per heavy atom. The van der Waals surface area contributed by atoms with Crippen molar-refractivity contribution < 1.29 is 4.79 Å². The number of aromatic amines is 1. The third kappa shape index (κ3) is 4.95. The molecule has 0 aliphatic heterocycles. The lowest BCUT2D eigenvalue weighted by atomic mass is 10.0. The predicted molar refractivity (Wildman–Crippen MR) is 141 cm³/mol. The lowest BCUT2D eigenvalue weighted by Gasteiger charge is -2.11. The van der Waals surface area contributed by atoms with Crippen molar-refractivity contribution in [3.8, 4) is 33.6 Å². The van der Waals surface area contributed by atoms with Crippen LogP contribution in [0.3, 0.4) is 0 Å². The fourth-order valence-electron chi connectivity index (χ4n) is 3.82. The minimum atomic E-state index is -0.0766. The number of nitrogens with one attached hydrogen (secondary N) is 2. The number of benzene rings is 4. The first-order valence-electron chi connectivity index (χ1n) is 11.1. The van der Waals surface area contributed by atoms with E-state index in [4.69, 9.17) is 4.98 Å². The molecule has 0 atom stereocenters. The van der Waals surface area contributed by atoms with Crippen molar-refractivity contribution in [2.75, 3.05) is 11.1 Å². The Morgan fingerprint density at radius 3 is 1.94 bits per heavy atom. The summed E-state index contributed by atoms with van der Waals surface area (Å²) in [7, 11) is 0. The van der Waals surface area contributed by atoms with Gasteiger partial charge in [-0.05, 0) is 11.6 Å². The van der Waals surface area contributed by atoms with Gasteiger partial charge in [0.1, 0.15) is 0 Å². The molecule has 0 spiro atoms. The Hall–Kier alpha value is -4.09. The lowest BCUT2D eigenvalue weighted by Crippen LogP contribution is -2.14. The number of hydrogen-bond acceptors (Lipinski definition) is 3. The second kappa shape index (κ2) is 10.2. The minimum absolute atomic E-state index is 0.0766. The fraction of sp³-hybridized carbons (Fsp3) is 0.0345. The smallest absolute Gasteiger partial charge is 0.234 e. The van der Waals surface area contributed by atoms with E-state index in [1.165, 1.54) is 11.8 Å². The highest BCUT2D eigenvalue weighted by molar-refractivity contribution is 7.99. The van der Waals surface area contributed by atoms with E-state index in [1.54, 1.807) is 0 Å². The van der Waals surface area contributed by atoms with E-state index in [-0.39, 0.29) is 11.7 Å². The van der Waals surface area contributed by atoms with Crippen LogP contribution in [0.1, 0.15) is 0 Å². The highest BCUT2D eigenvalue weighted by Crippen LogP contribution is 2.33. The summed E-state index contributed by atoms with van der Waals surface area (Å²) in [6.07, 6.45) is 0. The van der Waals surface area contributed by atoms with E-state index in [0.29, 0.717) is 5.16 Å². The van der Waals surface area contributed by atoms with E-state index < -0.39 is 0 Å². The van der Waals surface area contributed by atoms with Gasteiger partial charge in [0.2, 0.25) is 5.91 Å². The summed E-state index contributed by atoms with van der Waals surface area (Å²) in [5.74, 6) is 0.173. The number of carbonyl (C=O) groups is 1. The number of para-hydroxylation sites is 1. The van der Waals surface area contributed by atoms with Crippen LogP contribution in [0, 0.1) is 0 Å². The molecule has 5 rings (SSSR count). The average Bonchev–Trinajstić information content (AvgIpc) is 3.34. The van der Waals surface area contributed by atoms with Crippen molar-refractivity contribution in [1.29, 1.82) is 0 Å². The van der Waals surface area contributed by atoms with Crippen LogP contribution in [0.2, 0.25) is 0 Å². The minimum Gasteiger partial charge on any atom is -0.332 e. The number of anilines is 1. The number of aromatic nitrogens is 2. The van der Waals surface area contributed by atoms with Crippen LogP contribution in [0.5, 0.6) is 0 Å². The summed E-state index contributed by atoms with van der Waals surface area (Å²) in [5.41, 5.74) is 6.78. The standard InChI is InChI=1S/C29H23N3OS/c33-26(30-25-19-11-10-18-24(25)21-12-4-1-5-13-21)20-34-29-31-27(22-14-6-2-7-15-22)28(32-29)23-16-8-3-9-17-23/h1-19H,20H2,(H,30,33)(H,31,32). The molecule has 4 nitrogen and oxygen atoms in total. The molecule has 34 heavy (non-hydrogen) atoms. The molecule has 0 radical (unpaired) electrons. The van der Waals surface area contributed by atoms with Gasteiger partial charge in [-0.3, -0.25) is 4.79 Å². The monoisotopic (exact) mass is 461 g/mol. The molecule has 1 heterocycles. The normalized spacial score (nSPS) is 10.7. The molecule has 0 saturated carbocycles. The quantitative estimate of drug-likeness (QED) is 0.253. The first-order valence-corrected chi connectivity index (χ1v) is 12.0. The maximum Gasteiger partial charge on any atom is 0.234 e. The number of imidazole rings is 1. The topological polar surface area (TPSA) is 57.8 Å². The molecule has 4 aromatic carbocycles. The van der Waals surface area contributed by atoms with Gasteiger partial charge < -0.3 is 10.3 Å². The lowest BCUT2D eigenvalue weighted by molar-refractivity contribution is -0.113. The first kappa shape index (κ1) is 21.7. The highest BCUT2D eigenvalue weighted by Gasteiger charge is 2.16. The predicted octanol–water partition coefficient (Wildman–Crippen LogP) is 7.14. The van der Waals surface area contributed by atoms with Crippen molar-refractivity contribution in [3.63, 3.8) is 0 Å². The SMILES string of the molecule is O=C(CSc1nc(-c2ccccc2)c(-c2ccccc2)[nH]1)Nc1ccccc1-c1ccccc1. The molecule has 0 aliphatic carbocycles. The van der Waals surface area contributed by atoms with Crippen LogP contribution in [-0.2, 0) is 4.79 Å². The van der Waals surface area contributed by atoms with E-state index in [1.807, 2.05) is 103 Å². The second-order valence-electron chi connectivity index (χ2n) is 7.75. The summed E-state index contributed by atoms with van der Waals surface area (Å²) in [6, 6.07) is 38.1. The Bertz CT molecular complexity index is 1330. The molecule has 5 aromatic rings. The van der Waals surface area contributed by atoms with Crippen molar-refractivity contribution in [2.45, 2.75) is 5.16 Å². The van der Waals surface area contributed by atoms with Crippen LogP contribution < -0.4 is 5.32 Å². The number of thioether (sulfide) groups is 1. The van der Waals surface area contributed by atoms with Gasteiger partial charge in [0, 0.05) is 22.4 Å². The Balaban J connectivity index is 1.34. The van der Waals surface area contributed by atoms with Crippen LogP contribution in [-0.4, -0.2) is 21.6 Å². The number of hydrogen-bond donors (Lipinski definition) is 2. The first-order chi connectivity index (χ1) is 16.8. The Kier molecular flexibility index (Phi) is 6.54. The molecule has 0 bridgehead atoms. The van der Waals surface area contributed by atoms with Gasteiger partial charge in [-0.25, -0.2) is 4.98 Å². The number of H-pyrrole nitrogens is 1. The maximum atomic E-state index is 12.8. The summed E-state index contributed by atoms with van der Waals surface area (Å²) in [4.78, 5) is 21.1. The van der Waals surface area contributed by atoms with Crippen LogP contribution in [0.4, 0.5) is 5.69 Å². The third-order valence-corrected chi connectivity index (χ3v) is 6.29. The molecule has 2 N–H and O–H groups in total. The molecular weight excluding hydrogens is 438 g/mol. The van der Waals surface area contributed by atoms with Gasteiger partial charge in [-0.2, -0.15) is 0 Å². The zero-order chi connectivity index (χ0) is 23.2. The van der Waals surface area contributed by atoms with Gasteiger partial charge in [0.05, 0.1) is 17.1 Å². The average molecular weight is 462 g/mol.